The summed E-state index contributed by atoms with van der Waals surface area (Å²) < 4.78 is 27.7. The van der Waals surface area contributed by atoms with Crippen molar-refractivity contribution in [2.45, 2.75) is 13.8 Å². The van der Waals surface area contributed by atoms with Crippen LogP contribution >= 0.6 is 0 Å². The van der Waals surface area contributed by atoms with Crippen molar-refractivity contribution >= 4 is 17.4 Å². The van der Waals surface area contributed by atoms with Crippen LogP contribution in [-0.2, 0) is 0 Å². The second-order valence-electron chi connectivity index (χ2n) is 6.65. The molecule has 1 amide bonds. The van der Waals surface area contributed by atoms with Crippen LogP contribution in [0.2, 0.25) is 0 Å². The average molecular weight is 382 g/mol. The SMILES string of the molecule is CC(C)CNc1cc(C(=O)Nc2c(F)cccc2F)nc(-c2ccccc2)n1. The van der Waals surface area contributed by atoms with E-state index in [1.54, 1.807) is 0 Å². The Bertz CT molecular complexity index is 957. The maximum atomic E-state index is 13.9. The maximum absolute atomic E-state index is 13.9. The normalized spacial score (nSPS) is 10.8. The van der Waals surface area contributed by atoms with Gasteiger partial charge in [0.15, 0.2) is 5.82 Å². The molecule has 2 N–H and O–H groups in total. The van der Waals surface area contributed by atoms with E-state index in [0.29, 0.717) is 24.1 Å². The highest BCUT2D eigenvalue weighted by Gasteiger charge is 2.17. The number of amides is 1. The molecule has 0 spiro atoms. The molecule has 0 fully saturated rings. The number of nitrogens with zero attached hydrogens (tertiary/aromatic N) is 2. The third kappa shape index (κ3) is 4.68. The smallest absolute Gasteiger partial charge is 0.274 e. The lowest BCUT2D eigenvalue weighted by Gasteiger charge is -2.12. The standard InChI is InChI=1S/C21H20F2N4O/c1-13(2)12-24-18-11-17(25-20(26-18)14-7-4-3-5-8-14)21(28)27-19-15(22)9-6-10-16(19)23/h3-11,13H,12H2,1-2H3,(H,27,28)(H,24,25,26). The van der Waals surface area contributed by atoms with Gasteiger partial charge in [0.05, 0.1) is 0 Å². The van der Waals surface area contributed by atoms with Crippen LogP contribution in [0.1, 0.15) is 24.3 Å². The summed E-state index contributed by atoms with van der Waals surface area (Å²) in [5.41, 5.74) is 0.216. The molecule has 5 nitrogen and oxygen atoms in total. The first-order valence-corrected chi connectivity index (χ1v) is 8.88. The van der Waals surface area contributed by atoms with E-state index < -0.39 is 23.2 Å². The van der Waals surface area contributed by atoms with Crippen molar-refractivity contribution in [3.05, 3.63) is 71.9 Å². The minimum atomic E-state index is -0.858. The molecule has 1 heterocycles. The Hall–Kier alpha value is -3.35. The summed E-state index contributed by atoms with van der Waals surface area (Å²) in [5.74, 6) is -1.28. The third-order valence-electron chi connectivity index (χ3n) is 3.88. The van der Waals surface area contributed by atoms with Gasteiger partial charge in [-0.25, -0.2) is 18.7 Å². The number of halogens is 2. The molecule has 0 aliphatic heterocycles. The Kier molecular flexibility index (Phi) is 5.93. The molecular weight excluding hydrogens is 362 g/mol. The predicted molar refractivity (Wildman–Crippen MR) is 105 cm³/mol. The van der Waals surface area contributed by atoms with Crippen molar-refractivity contribution in [3.63, 3.8) is 0 Å². The summed E-state index contributed by atoms with van der Waals surface area (Å²) >= 11 is 0. The fourth-order valence-corrected chi connectivity index (χ4v) is 2.47. The van der Waals surface area contributed by atoms with Gasteiger partial charge in [-0.3, -0.25) is 4.79 Å². The Labute approximate surface area is 161 Å². The van der Waals surface area contributed by atoms with Crippen LogP contribution in [0, 0.1) is 17.6 Å². The fourth-order valence-electron chi connectivity index (χ4n) is 2.47. The molecule has 0 radical (unpaired) electrons. The fraction of sp³-hybridized carbons (Fsp3) is 0.190. The number of hydrogen-bond donors (Lipinski definition) is 2. The van der Waals surface area contributed by atoms with E-state index in [0.717, 1.165) is 17.7 Å². The first-order chi connectivity index (χ1) is 13.4. The van der Waals surface area contributed by atoms with E-state index in [2.05, 4.69) is 20.6 Å². The van der Waals surface area contributed by atoms with Gasteiger partial charge >= 0.3 is 0 Å². The summed E-state index contributed by atoms with van der Waals surface area (Å²) in [4.78, 5) is 21.4. The molecule has 0 saturated carbocycles. The highest BCUT2D eigenvalue weighted by atomic mass is 19.1. The highest BCUT2D eigenvalue weighted by molar-refractivity contribution is 6.03. The first kappa shape index (κ1) is 19.4. The molecule has 0 saturated heterocycles. The van der Waals surface area contributed by atoms with Crippen LogP contribution in [0.15, 0.2) is 54.6 Å². The lowest BCUT2D eigenvalue weighted by Crippen LogP contribution is -2.18. The van der Waals surface area contributed by atoms with Gasteiger partial charge in [0.1, 0.15) is 28.8 Å². The number of para-hydroxylation sites is 1. The van der Waals surface area contributed by atoms with Crippen LogP contribution in [0.3, 0.4) is 0 Å². The molecule has 3 aromatic rings. The zero-order chi connectivity index (χ0) is 20.1. The molecule has 144 valence electrons. The van der Waals surface area contributed by atoms with Crippen LogP contribution in [-0.4, -0.2) is 22.4 Å². The molecule has 0 bridgehead atoms. The predicted octanol–water partition coefficient (Wildman–Crippen LogP) is 4.74. The third-order valence-corrected chi connectivity index (χ3v) is 3.88. The zero-order valence-corrected chi connectivity index (χ0v) is 15.5. The molecule has 0 unspecified atom stereocenters. The topological polar surface area (TPSA) is 66.9 Å². The van der Waals surface area contributed by atoms with E-state index in [9.17, 15) is 13.6 Å². The molecule has 28 heavy (non-hydrogen) atoms. The highest BCUT2D eigenvalue weighted by Crippen LogP contribution is 2.21. The summed E-state index contributed by atoms with van der Waals surface area (Å²) in [6.45, 7) is 4.73. The summed E-state index contributed by atoms with van der Waals surface area (Å²) in [7, 11) is 0. The second-order valence-corrected chi connectivity index (χ2v) is 6.65. The number of anilines is 2. The van der Waals surface area contributed by atoms with Gasteiger partial charge < -0.3 is 10.6 Å². The molecule has 0 atom stereocenters. The van der Waals surface area contributed by atoms with E-state index in [1.807, 2.05) is 44.2 Å². The second kappa shape index (κ2) is 8.56. The van der Waals surface area contributed by atoms with Crippen molar-refractivity contribution in [2.75, 3.05) is 17.2 Å². The van der Waals surface area contributed by atoms with Crippen LogP contribution in [0.4, 0.5) is 20.3 Å². The number of benzene rings is 2. The summed E-state index contributed by atoms with van der Waals surface area (Å²) in [6, 6.07) is 14.0. The van der Waals surface area contributed by atoms with Crippen molar-refractivity contribution in [3.8, 4) is 11.4 Å². The Morgan fingerprint density at radius 2 is 1.68 bits per heavy atom. The average Bonchev–Trinajstić information content (AvgIpc) is 2.69. The minimum Gasteiger partial charge on any atom is -0.370 e. The van der Waals surface area contributed by atoms with Crippen LogP contribution in [0.25, 0.3) is 11.4 Å². The molecule has 0 aliphatic rings. The lowest BCUT2D eigenvalue weighted by molar-refractivity contribution is 0.102. The number of carbonyl (C=O) groups is 1. The number of rotatable bonds is 6. The summed E-state index contributed by atoms with van der Waals surface area (Å²) in [5, 5.41) is 5.42. The van der Waals surface area contributed by atoms with Gasteiger partial charge in [0.2, 0.25) is 0 Å². The first-order valence-electron chi connectivity index (χ1n) is 8.88. The van der Waals surface area contributed by atoms with Crippen LogP contribution in [0.5, 0.6) is 0 Å². The van der Waals surface area contributed by atoms with E-state index in [4.69, 9.17) is 0 Å². The quantitative estimate of drug-likeness (QED) is 0.646. The molecule has 3 rings (SSSR count). The van der Waals surface area contributed by atoms with Gasteiger partial charge in [0, 0.05) is 18.2 Å². The van der Waals surface area contributed by atoms with Gasteiger partial charge in [-0.05, 0) is 18.1 Å². The van der Waals surface area contributed by atoms with Crippen molar-refractivity contribution in [1.29, 1.82) is 0 Å². The van der Waals surface area contributed by atoms with Gasteiger partial charge in [-0.2, -0.15) is 0 Å². The molecule has 0 aliphatic carbocycles. The van der Waals surface area contributed by atoms with Crippen molar-refractivity contribution < 1.29 is 13.6 Å². The Balaban J connectivity index is 1.96. The van der Waals surface area contributed by atoms with Crippen molar-refractivity contribution in [2.24, 2.45) is 5.92 Å². The summed E-state index contributed by atoms with van der Waals surface area (Å²) in [6.07, 6.45) is 0. The van der Waals surface area contributed by atoms with Gasteiger partial charge in [-0.15, -0.1) is 0 Å². The number of nitrogens with one attached hydrogen (secondary N) is 2. The number of hydrogen-bond acceptors (Lipinski definition) is 4. The lowest BCUT2D eigenvalue weighted by atomic mass is 10.2. The number of carbonyl (C=O) groups excluding carboxylic acids is 1. The van der Waals surface area contributed by atoms with E-state index >= 15 is 0 Å². The van der Waals surface area contributed by atoms with Gasteiger partial charge in [-0.1, -0.05) is 50.2 Å². The van der Waals surface area contributed by atoms with Crippen molar-refractivity contribution in [1.82, 2.24) is 9.97 Å². The van der Waals surface area contributed by atoms with E-state index in [1.165, 1.54) is 12.1 Å². The van der Waals surface area contributed by atoms with E-state index in [-0.39, 0.29) is 5.69 Å². The monoisotopic (exact) mass is 382 g/mol. The number of aromatic nitrogens is 2. The molecule has 7 heteroatoms. The molecular formula is C21H20F2N4O. The molecule has 2 aromatic carbocycles. The zero-order valence-electron chi connectivity index (χ0n) is 15.5. The molecule has 1 aromatic heterocycles. The Morgan fingerprint density at radius 1 is 1.00 bits per heavy atom. The van der Waals surface area contributed by atoms with Gasteiger partial charge in [0.25, 0.3) is 5.91 Å². The minimum absolute atomic E-state index is 0.00256. The maximum Gasteiger partial charge on any atom is 0.274 e. The largest absolute Gasteiger partial charge is 0.370 e. The van der Waals surface area contributed by atoms with Crippen LogP contribution < -0.4 is 10.6 Å². The Morgan fingerprint density at radius 3 is 2.32 bits per heavy atom.